The third-order valence-electron chi connectivity index (χ3n) is 3.17. The van der Waals surface area contributed by atoms with Crippen molar-refractivity contribution >= 4 is 27.4 Å². The van der Waals surface area contributed by atoms with Crippen LogP contribution in [0.25, 0.3) is 21.6 Å². The zero-order chi connectivity index (χ0) is 13.6. The summed E-state index contributed by atoms with van der Waals surface area (Å²) in [4.78, 5) is 10.6. The predicted molar refractivity (Wildman–Crippen MR) is 76.7 cm³/mol. The molecule has 0 atom stereocenters. The predicted octanol–water partition coefficient (Wildman–Crippen LogP) is 3.70. The fourth-order valence-corrected chi connectivity index (χ4v) is 3.08. The van der Waals surface area contributed by atoms with Gasteiger partial charge in [-0.3, -0.25) is 0 Å². The van der Waals surface area contributed by atoms with E-state index < -0.39 is 0 Å². The van der Waals surface area contributed by atoms with Crippen molar-refractivity contribution in [3.05, 3.63) is 40.5 Å². The maximum Gasteiger partial charge on any atom is 0.166 e. The summed E-state index contributed by atoms with van der Waals surface area (Å²) in [5.74, 6) is 0.403. The molecular weight excluding hydrogens is 261 g/mol. The lowest BCUT2D eigenvalue weighted by Crippen LogP contribution is -1.98. The van der Waals surface area contributed by atoms with E-state index in [1.807, 2.05) is 13.8 Å². The maximum atomic E-state index is 13.8. The fraction of sp³-hybridized carbons (Fsp3) is 0.143. The summed E-state index contributed by atoms with van der Waals surface area (Å²) in [6, 6.07) is 6.44. The van der Waals surface area contributed by atoms with Crippen LogP contribution >= 0.6 is 11.3 Å². The van der Waals surface area contributed by atoms with Crippen LogP contribution in [0, 0.1) is 19.7 Å². The Kier molecular flexibility index (Phi) is 2.71. The van der Waals surface area contributed by atoms with Gasteiger partial charge in [0.2, 0.25) is 0 Å². The molecule has 0 radical (unpaired) electrons. The third-order valence-corrected chi connectivity index (χ3v) is 4.27. The topological polar surface area (TPSA) is 51.8 Å². The number of fused-ring (bicyclic) bond motifs is 1. The quantitative estimate of drug-likeness (QED) is 0.735. The van der Waals surface area contributed by atoms with Crippen LogP contribution in [0.3, 0.4) is 0 Å². The van der Waals surface area contributed by atoms with Gasteiger partial charge in [-0.2, -0.15) is 0 Å². The summed E-state index contributed by atoms with van der Waals surface area (Å²) in [5, 5.41) is 0.877. The number of nitrogen functional groups attached to an aromatic ring is 1. The lowest BCUT2D eigenvalue weighted by molar-refractivity contribution is 0.630. The van der Waals surface area contributed by atoms with Gasteiger partial charge in [0.15, 0.2) is 5.82 Å². The van der Waals surface area contributed by atoms with Crippen LogP contribution in [-0.2, 0) is 0 Å². The van der Waals surface area contributed by atoms with E-state index in [0.717, 1.165) is 20.7 Å². The van der Waals surface area contributed by atoms with E-state index in [2.05, 4.69) is 9.97 Å². The number of nitrogens with zero attached hydrogens (tertiary/aromatic N) is 2. The largest absolute Gasteiger partial charge is 0.383 e. The summed E-state index contributed by atoms with van der Waals surface area (Å²) in [7, 11) is 0. The van der Waals surface area contributed by atoms with Gasteiger partial charge < -0.3 is 5.73 Å². The first-order chi connectivity index (χ1) is 9.08. The summed E-state index contributed by atoms with van der Waals surface area (Å²) in [6.07, 6.45) is 0. The van der Waals surface area contributed by atoms with E-state index >= 15 is 0 Å². The zero-order valence-corrected chi connectivity index (χ0v) is 11.4. The monoisotopic (exact) mass is 273 g/mol. The highest BCUT2D eigenvalue weighted by molar-refractivity contribution is 7.18. The Hall–Kier alpha value is -2.01. The molecule has 0 bridgehead atoms. The van der Waals surface area contributed by atoms with Crippen LogP contribution in [0.15, 0.2) is 24.3 Å². The van der Waals surface area contributed by atoms with Gasteiger partial charge in [-0.15, -0.1) is 11.3 Å². The fourth-order valence-electron chi connectivity index (χ4n) is 2.04. The number of aromatic nitrogens is 2. The number of aryl methyl sites for hydroxylation is 2. The molecule has 0 aliphatic heterocycles. The number of thiophene rings is 1. The third kappa shape index (κ3) is 1.86. The first kappa shape index (κ1) is 12.0. The number of nitrogens with two attached hydrogens (primary N) is 1. The van der Waals surface area contributed by atoms with E-state index in [0.29, 0.717) is 17.2 Å². The molecule has 96 valence electrons. The number of halogens is 1. The molecule has 2 N–H and O–H groups in total. The van der Waals surface area contributed by atoms with Crippen molar-refractivity contribution in [3.63, 3.8) is 0 Å². The van der Waals surface area contributed by atoms with Crippen molar-refractivity contribution in [2.75, 3.05) is 5.73 Å². The first-order valence-corrected chi connectivity index (χ1v) is 6.67. The number of benzene rings is 1. The van der Waals surface area contributed by atoms with E-state index in [9.17, 15) is 4.39 Å². The maximum absolute atomic E-state index is 13.8. The van der Waals surface area contributed by atoms with Gasteiger partial charge in [0.05, 0.1) is 10.9 Å². The molecule has 1 aromatic carbocycles. The molecule has 5 heteroatoms. The minimum atomic E-state index is -0.341. The number of hydrogen-bond acceptors (Lipinski definition) is 4. The van der Waals surface area contributed by atoms with Crippen LogP contribution < -0.4 is 5.73 Å². The molecule has 3 aromatic rings. The molecule has 0 aliphatic carbocycles. The van der Waals surface area contributed by atoms with Gasteiger partial charge in [0, 0.05) is 4.88 Å². The van der Waals surface area contributed by atoms with Crippen molar-refractivity contribution in [2.45, 2.75) is 13.8 Å². The lowest BCUT2D eigenvalue weighted by atomic mass is 10.2. The van der Waals surface area contributed by atoms with Crippen LogP contribution in [0.1, 0.15) is 10.4 Å². The van der Waals surface area contributed by atoms with Gasteiger partial charge in [0.1, 0.15) is 16.5 Å². The summed E-state index contributed by atoms with van der Waals surface area (Å²) in [5.41, 5.74) is 7.46. The summed E-state index contributed by atoms with van der Waals surface area (Å²) >= 11 is 1.55. The molecule has 0 aliphatic rings. The van der Waals surface area contributed by atoms with E-state index in [1.165, 1.54) is 6.07 Å². The molecule has 2 heterocycles. The Bertz CT molecular complexity index is 780. The number of anilines is 1. The van der Waals surface area contributed by atoms with Crippen molar-refractivity contribution in [1.82, 2.24) is 9.97 Å². The molecule has 2 aromatic heterocycles. The normalized spacial score (nSPS) is 11.1. The summed E-state index contributed by atoms with van der Waals surface area (Å²) < 4.78 is 13.8. The van der Waals surface area contributed by atoms with Gasteiger partial charge in [-0.25, -0.2) is 14.4 Å². The van der Waals surface area contributed by atoms with Crippen molar-refractivity contribution in [3.8, 4) is 11.4 Å². The highest BCUT2D eigenvalue weighted by atomic mass is 32.1. The molecule has 3 nitrogen and oxygen atoms in total. The molecule has 0 unspecified atom stereocenters. The number of rotatable bonds is 1. The van der Waals surface area contributed by atoms with Crippen LogP contribution in [-0.4, -0.2) is 9.97 Å². The molecule has 0 fully saturated rings. The van der Waals surface area contributed by atoms with E-state index in [4.69, 9.17) is 5.73 Å². The Morgan fingerprint density at radius 3 is 2.63 bits per heavy atom. The number of hydrogen-bond donors (Lipinski definition) is 1. The molecule has 0 amide bonds. The minimum Gasteiger partial charge on any atom is -0.383 e. The standard InChI is InChI=1S/C14H12FN3S/c1-7-8(2)19-14-11(7)12(16)17-13(18-14)9-5-3-4-6-10(9)15/h3-6H,1-2H3,(H2,16,17,18). The second-order valence-corrected chi connectivity index (χ2v) is 5.58. The zero-order valence-electron chi connectivity index (χ0n) is 10.6. The smallest absolute Gasteiger partial charge is 0.166 e. The SMILES string of the molecule is Cc1sc2nc(-c3ccccc3F)nc(N)c2c1C. The average molecular weight is 273 g/mol. The average Bonchev–Trinajstić information content (AvgIpc) is 2.66. The van der Waals surface area contributed by atoms with E-state index in [1.54, 1.807) is 29.5 Å². The van der Waals surface area contributed by atoms with Crippen molar-refractivity contribution in [2.24, 2.45) is 0 Å². The summed E-state index contributed by atoms with van der Waals surface area (Å²) in [6.45, 7) is 4.01. The molecular formula is C14H12FN3S. The second kappa shape index (κ2) is 4.28. The van der Waals surface area contributed by atoms with Gasteiger partial charge >= 0.3 is 0 Å². The highest BCUT2D eigenvalue weighted by Gasteiger charge is 2.15. The van der Waals surface area contributed by atoms with Gasteiger partial charge in [-0.05, 0) is 31.5 Å². The molecule has 0 saturated carbocycles. The molecule has 0 saturated heterocycles. The van der Waals surface area contributed by atoms with Crippen LogP contribution in [0.5, 0.6) is 0 Å². The van der Waals surface area contributed by atoms with Crippen LogP contribution in [0.2, 0.25) is 0 Å². The Balaban J connectivity index is 2.30. The van der Waals surface area contributed by atoms with Crippen molar-refractivity contribution < 1.29 is 4.39 Å². The van der Waals surface area contributed by atoms with E-state index in [-0.39, 0.29) is 5.82 Å². The highest BCUT2D eigenvalue weighted by Crippen LogP contribution is 2.33. The molecule has 3 rings (SSSR count). The van der Waals surface area contributed by atoms with Crippen LogP contribution in [0.4, 0.5) is 10.2 Å². The van der Waals surface area contributed by atoms with Crippen molar-refractivity contribution in [1.29, 1.82) is 0 Å². The second-order valence-electron chi connectivity index (χ2n) is 4.38. The lowest BCUT2D eigenvalue weighted by Gasteiger charge is -2.04. The molecule has 0 spiro atoms. The van der Waals surface area contributed by atoms with Gasteiger partial charge in [-0.1, -0.05) is 12.1 Å². The Morgan fingerprint density at radius 2 is 1.89 bits per heavy atom. The Morgan fingerprint density at radius 1 is 1.16 bits per heavy atom. The first-order valence-electron chi connectivity index (χ1n) is 5.86. The van der Waals surface area contributed by atoms with Gasteiger partial charge in [0.25, 0.3) is 0 Å². The molecule has 19 heavy (non-hydrogen) atoms. The Labute approximate surface area is 113 Å². The minimum absolute atomic E-state index is 0.337.